The van der Waals surface area contributed by atoms with E-state index in [1.54, 1.807) is 30.3 Å². The molecule has 0 radical (unpaired) electrons. The zero-order chi connectivity index (χ0) is 17.5. The van der Waals surface area contributed by atoms with Crippen molar-refractivity contribution in [2.24, 2.45) is 0 Å². The van der Waals surface area contributed by atoms with Crippen LogP contribution in [0.25, 0.3) is 22.2 Å². The first-order chi connectivity index (χ1) is 11.2. The van der Waals surface area contributed by atoms with E-state index >= 15 is 0 Å². The zero-order valence-corrected chi connectivity index (χ0v) is 11.8. The fourth-order valence-electron chi connectivity index (χ4n) is 2.26. The third-order valence-electron chi connectivity index (χ3n) is 3.31. The predicted octanol–water partition coefficient (Wildman–Crippen LogP) is 5.33. The summed E-state index contributed by atoms with van der Waals surface area (Å²) >= 11 is 0. The van der Waals surface area contributed by atoms with E-state index in [9.17, 15) is 26.3 Å². The first kappa shape index (κ1) is 16.2. The van der Waals surface area contributed by atoms with Gasteiger partial charge in [-0.1, -0.05) is 36.4 Å². The van der Waals surface area contributed by atoms with Gasteiger partial charge in [-0.25, -0.2) is 9.97 Å². The monoisotopic (exact) mass is 342 g/mol. The smallest absolute Gasteiger partial charge is 0.239 e. The number of hydrogen-bond donors (Lipinski definition) is 0. The lowest BCUT2D eigenvalue weighted by Crippen LogP contribution is -2.20. The SMILES string of the molecule is FC(F)(F)c1nc2ccc(-c3ccccc3)cc2nc1C(F)(F)F. The van der Waals surface area contributed by atoms with Crippen LogP contribution in [0.4, 0.5) is 26.3 Å². The first-order valence-electron chi connectivity index (χ1n) is 6.68. The van der Waals surface area contributed by atoms with Gasteiger partial charge < -0.3 is 0 Å². The van der Waals surface area contributed by atoms with Gasteiger partial charge in [-0.05, 0) is 23.3 Å². The standard InChI is InChI=1S/C16H8F6N2/c17-15(18,19)13-14(16(20,21)22)24-12-8-10(6-7-11(12)23-13)9-4-2-1-3-5-9/h1-8H. The third kappa shape index (κ3) is 3.04. The van der Waals surface area contributed by atoms with Crippen LogP contribution in [0.2, 0.25) is 0 Å². The largest absolute Gasteiger partial charge is 0.435 e. The summed E-state index contributed by atoms with van der Waals surface area (Å²) in [5, 5.41) is 0. The van der Waals surface area contributed by atoms with Crippen molar-refractivity contribution < 1.29 is 26.3 Å². The minimum absolute atomic E-state index is 0.253. The summed E-state index contributed by atoms with van der Waals surface area (Å²) in [6, 6.07) is 12.7. The topological polar surface area (TPSA) is 25.8 Å². The maximum atomic E-state index is 12.9. The van der Waals surface area contributed by atoms with E-state index in [0.29, 0.717) is 11.1 Å². The molecule has 1 heterocycles. The van der Waals surface area contributed by atoms with Crippen LogP contribution in [0.3, 0.4) is 0 Å². The van der Waals surface area contributed by atoms with Gasteiger partial charge in [0, 0.05) is 0 Å². The quantitative estimate of drug-likeness (QED) is 0.558. The summed E-state index contributed by atoms with van der Waals surface area (Å²) in [6.07, 6.45) is -10.5. The van der Waals surface area contributed by atoms with Gasteiger partial charge in [0.2, 0.25) is 0 Å². The van der Waals surface area contributed by atoms with Crippen LogP contribution in [-0.4, -0.2) is 9.97 Å². The Balaban J connectivity index is 2.24. The van der Waals surface area contributed by atoms with Crippen LogP contribution in [0.5, 0.6) is 0 Å². The highest BCUT2D eigenvalue weighted by atomic mass is 19.4. The molecule has 124 valence electrons. The summed E-state index contributed by atoms with van der Waals surface area (Å²) < 4.78 is 77.3. The number of fused-ring (bicyclic) bond motifs is 1. The van der Waals surface area contributed by atoms with Gasteiger partial charge in [0.15, 0.2) is 11.4 Å². The molecule has 2 nitrogen and oxygen atoms in total. The highest BCUT2D eigenvalue weighted by Crippen LogP contribution is 2.39. The number of halogens is 6. The molecule has 1 aromatic heterocycles. The molecule has 24 heavy (non-hydrogen) atoms. The number of aromatic nitrogens is 2. The lowest BCUT2D eigenvalue weighted by atomic mass is 10.0. The van der Waals surface area contributed by atoms with Crippen LogP contribution in [-0.2, 0) is 12.4 Å². The Hall–Kier alpha value is -2.64. The van der Waals surface area contributed by atoms with Crippen LogP contribution in [0.15, 0.2) is 48.5 Å². The van der Waals surface area contributed by atoms with Crippen molar-refractivity contribution >= 4 is 11.0 Å². The van der Waals surface area contributed by atoms with Gasteiger partial charge in [-0.3, -0.25) is 0 Å². The van der Waals surface area contributed by atoms with Crippen molar-refractivity contribution in [1.29, 1.82) is 0 Å². The second-order valence-electron chi connectivity index (χ2n) is 4.99. The maximum absolute atomic E-state index is 12.9. The molecule has 2 aromatic carbocycles. The molecule has 0 spiro atoms. The van der Waals surface area contributed by atoms with Crippen molar-refractivity contribution in [3.63, 3.8) is 0 Å². The normalized spacial score (nSPS) is 12.6. The van der Waals surface area contributed by atoms with E-state index in [1.165, 1.54) is 18.2 Å². The Morgan fingerprint density at radius 1 is 0.583 bits per heavy atom. The maximum Gasteiger partial charge on any atom is 0.435 e. The Bertz CT molecular complexity index is 885. The average molecular weight is 342 g/mol. The molecule has 3 aromatic rings. The minimum atomic E-state index is -5.26. The van der Waals surface area contributed by atoms with Crippen molar-refractivity contribution in [2.75, 3.05) is 0 Å². The minimum Gasteiger partial charge on any atom is -0.239 e. The molecule has 0 atom stereocenters. The Kier molecular flexibility index (Phi) is 3.70. The molecule has 0 saturated heterocycles. The number of nitrogens with zero attached hydrogens (tertiary/aromatic N) is 2. The molecule has 0 fully saturated rings. The fourth-order valence-corrected chi connectivity index (χ4v) is 2.26. The number of rotatable bonds is 1. The highest BCUT2D eigenvalue weighted by Gasteiger charge is 2.46. The summed E-state index contributed by atoms with van der Waals surface area (Å²) in [5.41, 5.74) is -3.34. The molecule has 0 aliphatic rings. The third-order valence-corrected chi connectivity index (χ3v) is 3.31. The fraction of sp³-hybridized carbons (Fsp3) is 0.125. The van der Waals surface area contributed by atoms with Gasteiger partial charge in [0.05, 0.1) is 11.0 Å². The van der Waals surface area contributed by atoms with E-state index < -0.39 is 23.7 Å². The predicted molar refractivity (Wildman–Crippen MR) is 75.0 cm³/mol. The molecule has 0 unspecified atom stereocenters. The van der Waals surface area contributed by atoms with Crippen LogP contribution < -0.4 is 0 Å². The Morgan fingerprint density at radius 3 is 1.67 bits per heavy atom. The number of alkyl halides is 6. The first-order valence-corrected chi connectivity index (χ1v) is 6.68. The van der Waals surface area contributed by atoms with Crippen LogP contribution in [0.1, 0.15) is 11.4 Å². The van der Waals surface area contributed by atoms with Crippen molar-refractivity contribution in [3.05, 3.63) is 59.9 Å². The molecule has 0 saturated carbocycles. The van der Waals surface area contributed by atoms with E-state index in [1.807, 2.05) is 0 Å². The van der Waals surface area contributed by atoms with Crippen LogP contribution in [0, 0.1) is 0 Å². The number of benzene rings is 2. The van der Waals surface area contributed by atoms with E-state index in [4.69, 9.17) is 0 Å². The van der Waals surface area contributed by atoms with Crippen molar-refractivity contribution in [2.45, 2.75) is 12.4 Å². The van der Waals surface area contributed by atoms with Gasteiger partial charge in [-0.15, -0.1) is 0 Å². The van der Waals surface area contributed by atoms with Gasteiger partial charge in [-0.2, -0.15) is 26.3 Å². The van der Waals surface area contributed by atoms with Gasteiger partial charge >= 0.3 is 12.4 Å². The lowest BCUT2D eigenvalue weighted by molar-refractivity contribution is -0.167. The highest BCUT2D eigenvalue weighted by molar-refractivity contribution is 5.81. The van der Waals surface area contributed by atoms with E-state index in [2.05, 4.69) is 9.97 Å². The molecule has 0 N–H and O–H groups in total. The molecule has 0 aliphatic carbocycles. The van der Waals surface area contributed by atoms with Gasteiger partial charge in [0.1, 0.15) is 0 Å². The molecule has 0 bridgehead atoms. The molecule has 3 rings (SSSR count). The summed E-state index contributed by atoms with van der Waals surface area (Å²) in [7, 11) is 0. The second kappa shape index (κ2) is 5.47. The van der Waals surface area contributed by atoms with Crippen molar-refractivity contribution in [3.8, 4) is 11.1 Å². The molecule has 0 amide bonds. The second-order valence-corrected chi connectivity index (χ2v) is 4.99. The molecule has 0 aliphatic heterocycles. The van der Waals surface area contributed by atoms with E-state index in [0.717, 1.165) is 0 Å². The summed E-state index contributed by atoms with van der Waals surface area (Å²) in [4.78, 5) is 6.33. The summed E-state index contributed by atoms with van der Waals surface area (Å²) in [6.45, 7) is 0. The molecular weight excluding hydrogens is 334 g/mol. The Morgan fingerprint density at radius 2 is 1.12 bits per heavy atom. The summed E-state index contributed by atoms with van der Waals surface area (Å²) in [5.74, 6) is 0. The molecule has 8 heteroatoms. The van der Waals surface area contributed by atoms with Gasteiger partial charge in [0.25, 0.3) is 0 Å². The average Bonchev–Trinajstić information content (AvgIpc) is 2.52. The lowest BCUT2D eigenvalue weighted by Gasteiger charge is -2.14. The van der Waals surface area contributed by atoms with E-state index in [-0.39, 0.29) is 11.0 Å². The van der Waals surface area contributed by atoms with Crippen LogP contribution >= 0.6 is 0 Å². The Labute approximate surface area is 131 Å². The zero-order valence-electron chi connectivity index (χ0n) is 11.8. The molecular formula is C16H8F6N2. The number of hydrogen-bond acceptors (Lipinski definition) is 2. The van der Waals surface area contributed by atoms with Crippen molar-refractivity contribution in [1.82, 2.24) is 9.97 Å².